The third-order valence-electron chi connectivity index (χ3n) is 1.52. The van der Waals surface area contributed by atoms with E-state index in [0.29, 0.717) is 16.5 Å². The van der Waals surface area contributed by atoms with Gasteiger partial charge in [-0.2, -0.15) is 10.5 Å². The molecule has 0 amide bonds. The van der Waals surface area contributed by atoms with E-state index < -0.39 is 4.32 Å². The van der Waals surface area contributed by atoms with Gasteiger partial charge >= 0.3 is 0 Å². The molecule has 0 heterocycles. The minimum atomic E-state index is -0.647. The summed E-state index contributed by atoms with van der Waals surface area (Å²) in [5.41, 5.74) is 0.584. The lowest BCUT2D eigenvalue weighted by atomic mass is 9.98. The van der Waals surface area contributed by atoms with Crippen LogP contribution in [0.15, 0.2) is 22.2 Å². The van der Waals surface area contributed by atoms with Crippen molar-refractivity contribution in [3.8, 4) is 12.1 Å². The van der Waals surface area contributed by atoms with E-state index in [1.54, 1.807) is 12.2 Å². The summed E-state index contributed by atoms with van der Waals surface area (Å²) in [6.45, 7) is 0. The minimum absolute atomic E-state index is 0.529. The second kappa shape index (κ2) is 3.43. The molecule has 0 fully saturated rings. The zero-order chi connectivity index (χ0) is 9.19. The predicted octanol–water partition coefficient (Wildman–Crippen LogP) is 2.78. The Labute approximate surface area is 87.4 Å². The Morgan fingerprint density at radius 3 is 2.58 bits per heavy atom. The van der Waals surface area contributed by atoms with Gasteiger partial charge in [-0.1, -0.05) is 22.0 Å². The van der Waals surface area contributed by atoms with E-state index in [4.69, 9.17) is 10.5 Å². The average Bonchev–Trinajstić information content (AvgIpc) is 2.05. The Hall–Kier alpha value is -0.580. The molecule has 0 aromatic heterocycles. The first-order valence-electron chi connectivity index (χ1n) is 3.20. The number of nitrogens with zero attached hydrogens (tertiary/aromatic N) is 2. The van der Waals surface area contributed by atoms with Crippen LogP contribution in [-0.4, -0.2) is 4.32 Å². The number of allylic oxidation sites excluding steroid dienone is 4. The smallest absolute Gasteiger partial charge is 0.135 e. The van der Waals surface area contributed by atoms with Crippen LogP contribution < -0.4 is 0 Å². The Balaban J connectivity index is 3.01. The molecule has 12 heavy (non-hydrogen) atoms. The molecule has 0 aromatic carbocycles. The van der Waals surface area contributed by atoms with E-state index >= 15 is 0 Å². The van der Waals surface area contributed by atoms with Crippen LogP contribution in [0.25, 0.3) is 0 Å². The predicted molar refractivity (Wildman–Crippen MR) is 52.6 cm³/mol. The molecular formula is C8H4Br2N2. The molecule has 0 aliphatic heterocycles. The molecule has 1 aliphatic carbocycles. The largest absolute Gasteiger partial charge is 0.196 e. The molecule has 0 bridgehead atoms. The molecular weight excluding hydrogens is 284 g/mol. The van der Waals surface area contributed by atoms with Crippen molar-refractivity contribution in [1.82, 2.24) is 0 Å². The molecule has 2 nitrogen and oxygen atoms in total. The van der Waals surface area contributed by atoms with Crippen LogP contribution in [0.2, 0.25) is 0 Å². The molecule has 0 N–H and O–H groups in total. The number of nitriles is 2. The fourth-order valence-corrected chi connectivity index (χ4v) is 2.20. The van der Waals surface area contributed by atoms with Gasteiger partial charge in [-0.05, 0) is 28.4 Å². The highest BCUT2D eigenvalue weighted by Gasteiger charge is 2.27. The fraction of sp³-hybridized carbons (Fsp3) is 0.250. The lowest BCUT2D eigenvalue weighted by Gasteiger charge is -2.17. The number of halogens is 2. The van der Waals surface area contributed by atoms with Crippen LogP contribution in [0.1, 0.15) is 6.42 Å². The number of alkyl halides is 1. The zero-order valence-corrected chi connectivity index (χ0v) is 9.18. The van der Waals surface area contributed by atoms with E-state index in [2.05, 4.69) is 37.9 Å². The van der Waals surface area contributed by atoms with Crippen molar-refractivity contribution < 1.29 is 0 Å². The maximum Gasteiger partial charge on any atom is 0.135 e. The van der Waals surface area contributed by atoms with Crippen LogP contribution in [0.3, 0.4) is 0 Å². The summed E-state index contributed by atoms with van der Waals surface area (Å²) in [5.74, 6) is 0. The summed E-state index contributed by atoms with van der Waals surface area (Å²) < 4.78 is 0.0290. The van der Waals surface area contributed by atoms with Gasteiger partial charge in [-0.15, -0.1) is 0 Å². The monoisotopic (exact) mass is 286 g/mol. The van der Waals surface area contributed by atoms with Crippen LogP contribution in [0.4, 0.5) is 0 Å². The van der Waals surface area contributed by atoms with Crippen molar-refractivity contribution in [3.63, 3.8) is 0 Å². The molecule has 0 radical (unpaired) electrons. The van der Waals surface area contributed by atoms with Gasteiger partial charge in [-0.3, -0.25) is 0 Å². The lowest BCUT2D eigenvalue weighted by molar-refractivity contribution is 0.905. The standard InChI is InChI=1S/C8H4Br2N2/c9-7-3-8(10,5-12)2-1-6(7)4-11/h1,3H,2H2. The van der Waals surface area contributed by atoms with Gasteiger partial charge in [0.05, 0.1) is 17.7 Å². The Morgan fingerprint density at radius 1 is 1.50 bits per heavy atom. The van der Waals surface area contributed by atoms with Crippen molar-refractivity contribution in [2.24, 2.45) is 0 Å². The molecule has 0 saturated carbocycles. The Morgan fingerprint density at radius 2 is 2.17 bits per heavy atom. The molecule has 1 unspecified atom stereocenters. The van der Waals surface area contributed by atoms with E-state index in [9.17, 15) is 0 Å². The molecule has 4 heteroatoms. The summed E-state index contributed by atoms with van der Waals surface area (Å²) >= 11 is 6.49. The summed E-state index contributed by atoms with van der Waals surface area (Å²) in [6.07, 6.45) is 3.97. The van der Waals surface area contributed by atoms with Gasteiger partial charge < -0.3 is 0 Å². The third-order valence-corrected chi connectivity index (χ3v) is 2.91. The maximum absolute atomic E-state index is 8.75. The molecule has 60 valence electrons. The van der Waals surface area contributed by atoms with Gasteiger partial charge in [0.2, 0.25) is 0 Å². The Bertz CT molecular complexity index is 343. The zero-order valence-electron chi connectivity index (χ0n) is 6.01. The number of hydrogen-bond acceptors (Lipinski definition) is 2. The van der Waals surface area contributed by atoms with E-state index in [-0.39, 0.29) is 0 Å². The second-order valence-electron chi connectivity index (χ2n) is 2.40. The fourth-order valence-electron chi connectivity index (χ4n) is 0.863. The van der Waals surface area contributed by atoms with Crippen LogP contribution in [-0.2, 0) is 0 Å². The van der Waals surface area contributed by atoms with E-state index in [0.717, 1.165) is 0 Å². The van der Waals surface area contributed by atoms with Crippen LogP contribution >= 0.6 is 31.9 Å². The maximum atomic E-state index is 8.75. The van der Waals surface area contributed by atoms with Crippen LogP contribution in [0, 0.1) is 22.7 Å². The minimum Gasteiger partial charge on any atom is -0.196 e. The molecule has 0 aromatic rings. The van der Waals surface area contributed by atoms with Gasteiger partial charge in [0, 0.05) is 4.48 Å². The quantitative estimate of drug-likeness (QED) is 0.643. The highest BCUT2D eigenvalue weighted by atomic mass is 79.9. The molecule has 1 aliphatic rings. The van der Waals surface area contributed by atoms with Gasteiger partial charge in [0.15, 0.2) is 0 Å². The molecule has 1 rings (SSSR count). The second-order valence-corrected chi connectivity index (χ2v) is 4.67. The SMILES string of the molecule is N#CC1=CCC(Br)(C#N)C=C1Br. The highest BCUT2D eigenvalue weighted by Crippen LogP contribution is 2.34. The van der Waals surface area contributed by atoms with E-state index in [1.165, 1.54) is 0 Å². The first-order valence-corrected chi connectivity index (χ1v) is 4.79. The molecule has 0 spiro atoms. The van der Waals surface area contributed by atoms with Gasteiger partial charge in [0.1, 0.15) is 4.32 Å². The van der Waals surface area contributed by atoms with Crippen molar-refractivity contribution in [3.05, 3.63) is 22.2 Å². The lowest BCUT2D eigenvalue weighted by Crippen LogP contribution is -2.16. The van der Waals surface area contributed by atoms with Crippen LogP contribution in [0.5, 0.6) is 0 Å². The molecule has 0 saturated heterocycles. The molecule has 1 atom stereocenters. The van der Waals surface area contributed by atoms with E-state index in [1.807, 2.05) is 6.07 Å². The summed E-state index contributed by atoms with van der Waals surface area (Å²) in [7, 11) is 0. The topological polar surface area (TPSA) is 47.6 Å². The summed E-state index contributed by atoms with van der Waals surface area (Å²) in [4.78, 5) is 0. The van der Waals surface area contributed by atoms with Gasteiger partial charge in [0.25, 0.3) is 0 Å². The summed E-state index contributed by atoms with van der Waals surface area (Å²) in [6, 6.07) is 4.14. The summed E-state index contributed by atoms with van der Waals surface area (Å²) in [5, 5.41) is 17.4. The highest BCUT2D eigenvalue weighted by molar-refractivity contribution is 9.12. The van der Waals surface area contributed by atoms with Crippen molar-refractivity contribution in [2.45, 2.75) is 10.7 Å². The number of rotatable bonds is 0. The first-order chi connectivity index (χ1) is 5.61. The van der Waals surface area contributed by atoms with Crippen molar-refractivity contribution >= 4 is 31.9 Å². The average molecular weight is 288 g/mol. The third kappa shape index (κ3) is 1.77. The Kier molecular flexibility index (Phi) is 2.72. The van der Waals surface area contributed by atoms with Crippen molar-refractivity contribution in [1.29, 1.82) is 10.5 Å². The first kappa shape index (κ1) is 9.51. The normalized spacial score (nSPS) is 28.0. The number of hydrogen-bond donors (Lipinski definition) is 0. The van der Waals surface area contributed by atoms with Crippen molar-refractivity contribution in [2.75, 3.05) is 0 Å². The van der Waals surface area contributed by atoms with Gasteiger partial charge in [-0.25, -0.2) is 0 Å².